The quantitative estimate of drug-likeness (QED) is 0.620. The Morgan fingerprint density at radius 2 is 1.90 bits per heavy atom. The third-order valence-corrected chi connectivity index (χ3v) is 6.03. The predicted octanol–water partition coefficient (Wildman–Crippen LogP) is 5.17. The van der Waals surface area contributed by atoms with Gasteiger partial charge in [0.1, 0.15) is 13.2 Å². The van der Waals surface area contributed by atoms with Crippen molar-refractivity contribution in [2.75, 3.05) is 19.8 Å². The molecule has 3 aromatic rings. The van der Waals surface area contributed by atoms with Crippen LogP contribution in [0.15, 0.2) is 60.9 Å². The van der Waals surface area contributed by atoms with Gasteiger partial charge < -0.3 is 9.47 Å². The molecule has 2 aliphatic heterocycles. The molecule has 1 saturated heterocycles. The van der Waals surface area contributed by atoms with E-state index in [1.165, 1.54) is 35.1 Å². The normalized spacial score (nSPS) is 18.7. The molecule has 2 aromatic carbocycles. The third-order valence-electron chi connectivity index (χ3n) is 6.03. The van der Waals surface area contributed by atoms with Gasteiger partial charge in [0.2, 0.25) is 0 Å². The van der Waals surface area contributed by atoms with Crippen LogP contribution in [0.5, 0.6) is 11.5 Å². The number of aromatic nitrogens is 1. The fourth-order valence-electron chi connectivity index (χ4n) is 4.47. The van der Waals surface area contributed by atoms with Gasteiger partial charge in [-0.05, 0) is 72.3 Å². The predicted molar refractivity (Wildman–Crippen MR) is 114 cm³/mol. The average molecular weight is 386 g/mol. The number of ether oxygens (including phenoxy) is 2. The molecular formula is C25H26N2O2. The van der Waals surface area contributed by atoms with Crippen molar-refractivity contribution in [2.45, 2.75) is 32.4 Å². The largest absolute Gasteiger partial charge is 0.486 e. The standard InChI is InChI=1S/C25H26N2O2/c1-18-14-19(21-4-2-10-26-16-21)6-7-22(18)17-27-11-3-5-23(27)20-8-9-24-25(15-20)29-13-12-28-24/h2,4,6-10,14-16,23H,3,5,11-13,17H2,1H3/t23-/m0/s1. The maximum absolute atomic E-state index is 5.80. The van der Waals surface area contributed by atoms with Gasteiger partial charge in [0.25, 0.3) is 0 Å². The van der Waals surface area contributed by atoms with Gasteiger partial charge in [-0.2, -0.15) is 0 Å². The molecule has 1 fully saturated rings. The molecule has 148 valence electrons. The van der Waals surface area contributed by atoms with Crippen molar-refractivity contribution in [1.29, 1.82) is 0 Å². The first-order chi connectivity index (χ1) is 14.3. The zero-order chi connectivity index (χ0) is 19.6. The zero-order valence-corrected chi connectivity index (χ0v) is 16.8. The van der Waals surface area contributed by atoms with Gasteiger partial charge in [-0.15, -0.1) is 0 Å². The molecule has 1 aromatic heterocycles. The summed E-state index contributed by atoms with van der Waals surface area (Å²) in [6.45, 7) is 5.58. The van der Waals surface area contributed by atoms with Gasteiger partial charge in [-0.25, -0.2) is 0 Å². The number of aryl methyl sites for hydroxylation is 1. The molecule has 4 heteroatoms. The smallest absolute Gasteiger partial charge is 0.161 e. The number of pyridine rings is 1. The highest BCUT2D eigenvalue weighted by molar-refractivity contribution is 5.63. The molecule has 4 nitrogen and oxygen atoms in total. The first-order valence-electron chi connectivity index (χ1n) is 10.4. The Labute approximate surface area is 172 Å². The molecule has 0 N–H and O–H groups in total. The minimum atomic E-state index is 0.434. The van der Waals surface area contributed by atoms with Crippen molar-refractivity contribution in [3.63, 3.8) is 0 Å². The molecule has 0 spiro atoms. The second-order valence-electron chi connectivity index (χ2n) is 7.91. The summed E-state index contributed by atoms with van der Waals surface area (Å²) in [5.41, 5.74) is 6.44. The summed E-state index contributed by atoms with van der Waals surface area (Å²) in [4.78, 5) is 6.84. The summed E-state index contributed by atoms with van der Waals surface area (Å²) < 4.78 is 11.5. The second kappa shape index (κ2) is 7.88. The average Bonchev–Trinajstić information content (AvgIpc) is 3.23. The first kappa shape index (κ1) is 18.2. The Hall–Kier alpha value is -2.85. The molecule has 0 aliphatic carbocycles. The second-order valence-corrected chi connectivity index (χ2v) is 7.91. The van der Waals surface area contributed by atoms with E-state index in [0.29, 0.717) is 19.3 Å². The molecule has 0 unspecified atom stereocenters. The molecule has 1 atom stereocenters. The van der Waals surface area contributed by atoms with Crippen LogP contribution in [-0.4, -0.2) is 29.6 Å². The topological polar surface area (TPSA) is 34.6 Å². The number of rotatable bonds is 4. The first-order valence-corrected chi connectivity index (χ1v) is 10.4. The summed E-state index contributed by atoms with van der Waals surface area (Å²) >= 11 is 0. The minimum absolute atomic E-state index is 0.434. The molecule has 2 aliphatic rings. The summed E-state index contributed by atoms with van der Waals surface area (Å²) in [5, 5.41) is 0. The lowest BCUT2D eigenvalue weighted by Crippen LogP contribution is -2.23. The maximum Gasteiger partial charge on any atom is 0.161 e. The van der Waals surface area contributed by atoms with Crippen molar-refractivity contribution < 1.29 is 9.47 Å². The van der Waals surface area contributed by atoms with Crippen LogP contribution in [0.25, 0.3) is 11.1 Å². The SMILES string of the molecule is Cc1cc(-c2cccnc2)ccc1CN1CCC[C@H]1c1ccc2c(c1)OCCO2. The zero-order valence-electron chi connectivity index (χ0n) is 16.8. The Balaban J connectivity index is 1.36. The van der Waals surface area contributed by atoms with E-state index >= 15 is 0 Å². The summed E-state index contributed by atoms with van der Waals surface area (Å²) in [7, 11) is 0. The minimum Gasteiger partial charge on any atom is -0.486 e. The monoisotopic (exact) mass is 386 g/mol. The van der Waals surface area contributed by atoms with Gasteiger partial charge >= 0.3 is 0 Å². The molecular weight excluding hydrogens is 360 g/mol. The molecule has 3 heterocycles. The Morgan fingerprint density at radius 1 is 1.00 bits per heavy atom. The highest BCUT2D eigenvalue weighted by Gasteiger charge is 2.27. The Kier molecular flexibility index (Phi) is 4.94. The van der Waals surface area contributed by atoms with E-state index in [9.17, 15) is 0 Å². The van der Waals surface area contributed by atoms with Crippen LogP contribution < -0.4 is 9.47 Å². The summed E-state index contributed by atoms with van der Waals surface area (Å²) in [6.07, 6.45) is 6.15. The van der Waals surface area contributed by atoms with Crippen LogP contribution in [0.1, 0.15) is 35.6 Å². The van der Waals surface area contributed by atoms with Crippen LogP contribution in [0.2, 0.25) is 0 Å². The summed E-state index contributed by atoms with van der Waals surface area (Å²) in [5.74, 6) is 1.75. The van der Waals surface area contributed by atoms with Crippen LogP contribution in [0.3, 0.4) is 0 Å². The molecule has 29 heavy (non-hydrogen) atoms. The van der Waals surface area contributed by atoms with Crippen LogP contribution in [0, 0.1) is 6.92 Å². The Morgan fingerprint density at radius 3 is 2.72 bits per heavy atom. The molecule has 0 saturated carbocycles. The number of fused-ring (bicyclic) bond motifs is 1. The van der Waals surface area contributed by atoms with Gasteiger partial charge in [-0.3, -0.25) is 9.88 Å². The van der Waals surface area contributed by atoms with Gasteiger partial charge in [0, 0.05) is 25.0 Å². The van der Waals surface area contributed by atoms with Crippen molar-refractivity contribution in [2.24, 2.45) is 0 Å². The number of likely N-dealkylation sites (tertiary alicyclic amines) is 1. The van der Waals surface area contributed by atoms with Gasteiger partial charge in [-0.1, -0.05) is 30.3 Å². The van der Waals surface area contributed by atoms with E-state index < -0.39 is 0 Å². The number of hydrogen-bond donors (Lipinski definition) is 0. The lowest BCUT2D eigenvalue weighted by atomic mass is 9.99. The molecule has 0 bridgehead atoms. The van der Waals surface area contributed by atoms with Gasteiger partial charge in [0.15, 0.2) is 11.5 Å². The lowest BCUT2D eigenvalue weighted by molar-refractivity contribution is 0.170. The van der Waals surface area contributed by atoms with Crippen molar-refractivity contribution >= 4 is 0 Å². The van der Waals surface area contributed by atoms with Crippen LogP contribution >= 0.6 is 0 Å². The molecule has 5 rings (SSSR count). The van der Waals surface area contributed by atoms with Crippen molar-refractivity contribution in [3.8, 4) is 22.6 Å². The fourth-order valence-corrected chi connectivity index (χ4v) is 4.47. The van der Waals surface area contributed by atoms with E-state index in [-0.39, 0.29) is 0 Å². The third kappa shape index (κ3) is 3.73. The molecule has 0 radical (unpaired) electrons. The van der Waals surface area contributed by atoms with E-state index in [1.54, 1.807) is 0 Å². The van der Waals surface area contributed by atoms with E-state index in [1.807, 2.05) is 18.5 Å². The highest BCUT2D eigenvalue weighted by atomic mass is 16.6. The summed E-state index contributed by atoms with van der Waals surface area (Å²) in [6, 6.07) is 17.7. The van der Waals surface area contributed by atoms with Crippen molar-refractivity contribution in [1.82, 2.24) is 9.88 Å². The van der Waals surface area contributed by atoms with E-state index in [4.69, 9.17) is 9.47 Å². The number of nitrogens with zero attached hydrogens (tertiary/aromatic N) is 2. The van der Waals surface area contributed by atoms with Crippen LogP contribution in [0.4, 0.5) is 0 Å². The van der Waals surface area contributed by atoms with Crippen LogP contribution in [-0.2, 0) is 6.54 Å². The lowest BCUT2D eigenvalue weighted by Gasteiger charge is -2.27. The van der Waals surface area contributed by atoms with Gasteiger partial charge in [0.05, 0.1) is 0 Å². The maximum atomic E-state index is 5.80. The molecule has 0 amide bonds. The fraction of sp³-hybridized carbons (Fsp3) is 0.320. The number of benzene rings is 2. The highest BCUT2D eigenvalue weighted by Crippen LogP contribution is 2.39. The van der Waals surface area contributed by atoms with E-state index in [0.717, 1.165) is 30.2 Å². The Bertz CT molecular complexity index is 1000. The van der Waals surface area contributed by atoms with E-state index in [2.05, 4.69) is 59.3 Å². The van der Waals surface area contributed by atoms with Crippen molar-refractivity contribution in [3.05, 3.63) is 77.6 Å². The number of hydrogen-bond acceptors (Lipinski definition) is 4.